The first-order chi connectivity index (χ1) is 13.9. The van der Waals surface area contributed by atoms with E-state index >= 15 is 0 Å². The van der Waals surface area contributed by atoms with Crippen LogP contribution in [0.5, 0.6) is 0 Å². The summed E-state index contributed by atoms with van der Waals surface area (Å²) in [7, 11) is 0. The van der Waals surface area contributed by atoms with Gasteiger partial charge in [0.2, 0.25) is 5.91 Å². The summed E-state index contributed by atoms with van der Waals surface area (Å²) in [5.74, 6) is -0.883. The van der Waals surface area contributed by atoms with Crippen LogP contribution in [0.4, 0.5) is 5.00 Å². The van der Waals surface area contributed by atoms with Crippen LogP contribution in [0.25, 0.3) is 11.1 Å². The van der Waals surface area contributed by atoms with E-state index in [1.165, 1.54) is 22.0 Å². The van der Waals surface area contributed by atoms with Gasteiger partial charge in [-0.2, -0.15) is 0 Å². The summed E-state index contributed by atoms with van der Waals surface area (Å²) in [4.78, 5) is 37.1. The highest BCUT2D eigenvalue weighted by atomic mass is 32.1. The van der Waals surface area contributed by atoms with Crippen LogP contribution in [0.2, 0.25) is 0 Å². The Morgan fingerprint density at radius 1 is 1.10 bits per heavy atom. The smallest absolute Gasteiger partial charge is 0.341 e. The van der Waals surface area contributed by atoms with E-state index in [2.05, 4.69) is 5.32 Å². The normalized spacial score (nSPS) is 10.6. The van der Waals surface area contributed by atoms with Crippen molar-refractivity contribution in [3.63, 3.8) is 0 Å². The molecule has 0 spiro atoms. The monoisotopic (exact) mass is 410 g/mol. The third kappa shape index (κ3) is 4.81. The minimum absolute atomic E-state index is 0.140. The molecule has 0 aliphatic carbocycles. The molecule has 1 N–H and O–H groups in total. The Morgan fingerprint density at radius 3 is 2.48 bits per heavy atom. The van der Waals surface area contributed by atoms with Crippen molar-refractivity contribution in [3.8, 4) is 11.1 Å². The number of nitrogens with zero attached hydrogens (tertiary/aromatic N) is 1. The molecule has 3 aromatic rings. The molecular weight excluding hydrogens is 388 g/mol. The second-order valence-electron chi connectivity index (χ2n) is 6.66. The second-order valence-corrected chi connectivity index (χ2v) is 7.54. The largest absolute Gasteiger partial charge is 0.462 e. The van der Waals surface area contributed by atoms with Crippen LogP contribution in [0, 0.1) is 13.8 Å². The number of pyridine rings is 1. The molecule has 0 aliphatic heterocycles. The molecule has 0 bridgehead atoms. The van der Waals surface area contributed by atoms with Gasteiger partial charge in [-0.3, -0.25) is 9.59 Å². The average Bonchev–Trinajstić information content (AvgIpc) is 3.08. The molecule has 150 valence electrons. The second kappa shape index (κ2) is 8.87. The molecule has 3 rings (SSSR count). The fraction of sp³-hybridized carbons (Fsp3) is 0.227. The number of nitrogens with one attached hydrogen (secondary N) is 1. The molecule has 0 fully saturated rings. The zero-order valence-corrected chi connectivity index (χ0v) is 17.3. The van der Waals surface area contributed by atoms with Gasteiger partial charge < -0.3 is 14.6 Å². The number of hydrogen-bond donors (Lipinski definition) is 1. The Labute approximate surface area is 172 Å². The third-order valence-corrected chi connectivity index (χ3v) is 5.25. The number of rotatable bonds is 6. The Kier molecular flexibility index (Phi) is 6.29. The number of hydrogen-bond acceptors (Lipinski definition) is 5. The third-order valence-electron chi connectivity index (χ3n) is 4.35. The number of anilines is 1. The van der Waals surface area contributed by atoms with E-state index in [-0.39, 0.29) is 24.6 Å². The highest BCUT2D eigenvalue weighted by Gasteiger charge is 2.23. The topological polar surface area (TPSA) is 77.4 Å². The number of carbonyl (C=O) groups is 2. The molecule has 29 heavy (non-hydrogen) atoms. The van der Waals surface area contributed by atoms with Gasteiger partial charge in [0, 0.05) is 23.2 Å². The van der Waals surface area contributed by atoms with Gasteiger partial charge in [-0.05, 0) is 38.0 Å². The molecule has 1 amide bonds. The van der Waals surface area contributed by atoms with Crippen molar-refractivity contribution in [3.05, 3.63) is 75.0 Å². The lowest BCUT2D eigenvalue weighted by Crippen LogP contribution is -2.27. The number of ether oxygens (including phenoxy) is 1. The standard InChI is InChI=1S/C22H22N2O4S/c1-4-28-22(27)20-17(16-7-5-14(2)6-8-16)13-29-21(20)23-18(25)12-24-10-9-15(3)11-19(24)26/h5-11,13H,4,12H2,1-3H3,(H,23,25). The number of amides is 1. The highest BCUT2D eigenvalue weighted by molar-refractivity contribution is 7.15. The van der Waals surface area contributed by atoms with Gasteiger partial charge in [-0.25, -0.2) is 4.79 Å². The van der Waals surface area contributed by atoms with Crippen molar-refractivity contribution in [1.82, 2.24) is 4.57 Å². The Hall–Kier alpha value is -3.19. The van der Waals surface area contributed by atoms with Crippen molar-refractivity contribution in [1.29, 1.82) is 0 Å². The predicted octanol–water partition coefficient (Wildman–Crippen LogP) is 4.01. The molecule has 0 aliphatic rings. The predicted molar refractivity (Wildman–Crippen MR) is 115 cm³/mol. The summed E-state index contributed by atoms with van der Waals surface area (Å²) < 4.78 is 6.53. The number of benzene rings is 1. The first-order valence-electron chi connectivity index (χ1n) is 9.21. The van der Waals surface area contributed by atoms with Gasteiger partial charge in [-0.15, -0.1) is 11.3 Å². The quantitative estimate of drug-likeness (QED) is 0.623. The summed E-state index contributed by atoms with van der Waals surface area (Å²) in [5, 5.41) is 4.99. The number of esters is 1. The van der Waals surface area contributed by atoms with E-state index < -0.39 is 5.97 Å². The fourth-order valence-electron chi connectivity index (χ4n) is 2.86. The van der Waals surface area contributed by atoms with Crippen LogP contribution >= 0.6 is 11.3 Å². The summed E-state index contributed by atoms with van der Waals surface area (Å²) in [6, 6.07) is 11.0. The van der Waals surface area contributed by atoms with Crippen molar-refractivity contribution >= 4 is 28.2 Å². The van der Waals surface area contributed by atoms with E-state index in [0.29, 0.717) is 16.1 Å². The minimum atomic E-state index is -0.493. The Balaban J connectivity index is 1.90. The maximum absolute atomic E-state index is 12.6. The van der Waals surface area contributed by atoms with Crippen LogP contribution in [-0.2, 0) is 16.1 Å². The maximum Gasteiger partial charge on any atom is 0.341 e. The van der Waals surface area contributed by atoms with Crippen molar-refractivity contribution in [2.75, 3.05) is 11.9 Å². The lowest BCUT2D eigenvalue weighted by atomic mass is 10.0. The van der Waals surface area contributed by atoms with Crippen LogP contribution in [-0.4, -0.2) is 23.1 Å². The van der Waals surface area contributed by atoms with Gasteiger partial charge >= 0.3 is 5.97 Å². The van der Waals surface area contributed by atoms with E-state index in [1.54, 1.807) is 19.2 Å². The molecule has 2 aromatic heterocycles. The number of carbonyl (C=O) groups excluding carboxylic acids is 2. The fourth-order valence-corrected chi connectivity index (χ4v) is 3.83. The lowest BCUT2D eigenvalue weighted by molar-refractivity contribution is -0.116. The van der Waals surface area contributed by atoms with E-state index in [1.807, 2.05) is 43.5 Å². The first kappa shape index (κ1) is 20.5. The number of thiophene rings is 1. The zero-order valence-electron chi connectivity index (χ0n) is 16.5. The van der Waals surface area contributed by atoms with E-state index in [0.717, 1.165) is 16.7 Å². The lowest BCUT2D eigenvalue weighted by Gasteiger charge is -2.10. The van der Waals surface area contributed by atoms with Gasteiger partial charge in [0.05, 0.1) is 6.61 Å². The molecule has 0 atom stereocenters. The van der Waals surface area contributed by atoms with Gasteiger partial charge in [0.1, 0.15) is 17.1 Å². The number of aryl methyl sites for hydroxylation is 2. The van der Waals surface area contributed by atoms with Crippen molar-refractivity contribution in [2.24, 2.45) is 0 Å². The van der Waals surface area contributed by atoms with Crippen molar-refractivity contribution < 1.29 is 14.3 Å². The molecule has 7 heteroatoms. The molecule has 0 saturated carbocycles. The summed E-state index contributed by atoms with van der Waals surface area (Å²) in [6.07, 6.45) is 1.58. The van der Waals surface area contributed by atoms with Gasteiger partial charge in [0.25, 0.3) is 5.56 Å². The van der Waals surface area contributed by atoms with Gasteiger partial charge in [-0.1, -0.05) is 29.8 Å². The van der Waals surface area contributed by atoms with E-state index in [4.69, 9.17) is 4.74 Å². The molecule has 6 nitrogen and oxygen atoms in total. The summed E-state index contributed by atoms with van der Waals surface area (Å²) in [5.41, 5.74) is 3.58. The first-order valence-corrected chi connectivity index (χ1v) is 10.1. The number of aromatic nitrogens is 1. The maximum atomic E-state index is 12.6. The Morgan fingerprint density at radius 2 is 1.83 bits per heavy atom. The highest BCUT2D eigenvalue weighted by Crippen LogP contribution is 2.36. The molecule has 1 aromatic carbocycles. The van der Waals surface area contributed by atoms with Crippen LogP contribution in [0.15, 0.2) is 52.8 Å². The van der Waals surface area contributed by atoms with Crippen molar-refractivity contribution in [2.45, 2.75) is 27.3 Å². The Bertz CT molecular complexity index is 1100. The van der Waals surface area contributed by atoms with E-state index in [9.17, 15) is 14.4 Å². The summed E-state index contributed by atoms with van der Waals surface area (Å²) >= 11 is 1.25. The minimum Gasteiger partial charge on any atom is -0.462 e. The molecule has 0 saturated heterocycles. The molecular formula is C22H22N2O4S. The molecule has 2 heterocycles. The molecule has 0 unspecified atom stereocenters. The van der Waals surface area contributed by atoms with Gasteiger partial charge in [0.15, 0.2) is 0 Å². The average molecular weight is 410 g/mol. The van der Waals surface area contributed by atoms with Crippen LogP contribution in [0.1, 0.15) is 28.4 Å². The molecule has 0 radical (unpaired) electrons. The van der Waals surface area contributed by atoms with Crippen LogP contribution < -0.4 is 10.9 Å². The SMILES string of the molecule is CCOC(=O)c1c(-c2ccc(C)cc2)csc1NC(=O)Cn1ccc(C)cc1=O. The van der Waals surface area contributed by atoms with Crippen LogP contribution in [0.3, 0.4) is 0 Å². The summed E-state index contributed by atoms with van der Waals surface area (Å²) in [6.45, 7) is 5.63. The zero-order chi connectivity index (χ0) is 21.0.